The summed E-state index contributed by atoms with van der Waals surface area (Å²) in [7, 11) is 0. The molecule has 0 bridgehead atoms. The van der Waals surface area contributed by atoms with E-state index in [1.54, 1.807) is 0 Å². The molecule has 0 N–H and O–H groups in total. The second kappa shape index (κ2) is 12.7. The molecule has 4 heteroatoms. The minimum atomic E-state index is 0.657. The predicted octanol–water partition coefficient (Wildman–Crippen LogP) is 14.8. The van der Waals surface area contributed by atoms with Crippen molar-refractivity contribution in [3.8, 4) is 11.1 Å². The largest absolute Gasteiger partial charge is 0.455 e. The molecular weight excluding hydrogens is 713 g/mol. The van der Waals surface area contributed by atoms with Gasteiger partial charge in [-0.1, -0.05) is 158 Å². The fraction of sp³-hybridized carbons (Fsp3) is 0.0189. The molecule has 11 aromatic rings. The summed E-state index contributed by atoms with van der Waals surface area (Å²) < 4.78 is 9.39. The predicted molar refractivity (Wildman–Crippen MR) is 243 cm³/mol. The average Bonchev–Trinajstić information content (AvgIpc) is 3.77. The molecule has 0 aliphatic carbocycles. The molecule has 3 nitrogen and oxygen atoms in total. The normalized spacial score (nSPS) is 13.5. The van der Waals surface area contributed by atoms with Gasteiger partial charge in [0.05, 0.1) is 11.4 Å². The zero-order valence-electron chi connectivity index (χ0n) is 30.7. The Morgan fingerprint density at radius 1 is 0.439 bits per heavy atom. The molecule has 0 atom stereocenters. The summed E-state index contributed by atoms with van der Waals surface area (Å²) in [5.41, 5.74) is 8.87. The average molecular weight is 745 g/mol. The Balaban J connectivity index is 1.02. The van der Waals surface area contributed by atoms with Gasteiger partial charge in [0.15, 0.2) is 5.84 Å². The van der Waals surface area contributed by atoms with E-state index in [0.717, 1.165) is 61.2 Å². The van der Waals surface area contributed by atoms with E-state index < -0.39 is 0 Å². The monoisotopic (exact) mass is 744 g/mol. The van der Waals surface area contributed by atoms with Crippen molar-refractivity contribution in [3.63, 3.8) is 0 Å². The van der Waals surface area contributed by atoms with Gasteiger partial charge in [0.1, 0.15) is 11.2 Å². The van der Waals surface area contributed by atoms with E-state index >= 15 is 0 Å². The molecular formula is C53H32N2OS. The van der Waals surface area contributed by atoms with Crippen molar-refractivity contribution < 1.29 is 4.42 Å². The van der Waals surface area contributed by atoms with Crippen molar-refractivity contribution >= 4 is 103 Å². The molecule has 0 saturated carbocycles. The molecule has 2 aromatic heterocycles. The lowest BCUT2D eigenvalue weighted by atomic mass is 9.98. The molecule has 0 radical (unpaired) electrons. The first-order valence-corrected chi connectivity index (χ1v) is 20.2. The van der Waals surface area contributed by atoms with Gasteiger partial charge >= 0.3 is 0 Å². The maximum absolute atomic E-state index is 6.82. The molecule has 1 aliphatic heterocycles. The fourth-order valence-corrected chi connectivity index (χ4v) is 9.98. The van der Waals surface area contributed by atoms with Crippen LogP contribution in [-0.2, 0) is 0 Å². The van der Waals surface area contributed by atoms with Crippen molar-refractivity contribution in [3.05, 3.63) is 199 Å². The summed E-state index contributed by atoms with van der Waals surface area (Å²) in [6.45, 7) is 0. The van der Waals surface area contributed by atoms with Crippen LogP contribution in [0.4, 0.5) is 0 Å². The summed E-state index contributed by atoms with van der Waals surface area (Å²) >= 11 is 1.85. The maximum atomic E-state index is 6.82. The number of benzene rings is 9. The topological polar surface area (TPSA) is 37.9 Å². The number of fused-ring (bicyclic) bond motifs is 11. The zero-order valence-corrected chi connectivity index (χ0v) is 31.6. The van der Waals surface area contributed by atoms with E-state index in [2.05, 4.69) is 176 Å². The highest BCUT2D eigenvalue weighted by molar-refractivity contribution is 7.26. The first-order chi connectivity index (χ1) is 28.2. The molecule has 9 aromatic carbocycles. The quantitative estimate of drug-likeness (QED) is 0.165. The number of aliphatic imine (C=N–C) groups is 2. The van der Waals surface area contributed by atoms with Crippen molar-refractivity contribution in [2.75, 3.05) is 0 Å². The van der Waals surface area contributed by atoms with Gasteiger partial charge in [-0.05, 0) is 67.7 Å². The Labute approximate surface area is 332 Å². The summed E-state index contributed by atoms with van der Waals surface area (Å²) in [4.78, 5) is 10.8. The van der Waals surface area contributed by atoms with Crippen molar-refractivity contribution in [2.24, 2.45) is 9.98 Å². The number of nitrogens with zero attached hydrogens (tertiary/aromatic N) is 2. The molecule has 57 heavy (non-hydrogen) atoms. The third kappa shape index (κ3) is 5.18. The van der Waals surface area contributed by atoms with Gasteiger partial charge in [-0.25, -0.2) is 9.98 Å². The van der Waals surface area contributed by atoms with E-state index in [9.17, 15) is 0 Å². The van der Waals surface area contributed by atoms with Crippen LogP contribution in [0.2, 0.25) is 0 Å². The number of allylic oxidation sites excluding steroid dienone is 1. The summed E-state index contributed by atoms with van der Waals surface area (Å²) in [6, 6.07) is 62.9. The number of amidine groups is 1. The Morgan fingerprint density at radius 3 is 2.05 bits per heavy atom. The van der Waals surface area contributed by atoms with Crippen LogP contribution in [-0.4, -0.2) is 11.5 Å². The standard InChI is InChI=1S/C53H32N2OS/c1-2-12-34(13-3-1)45-27-28-46(37-23-25-39-35(30-37)21-20-32-10-4-6-14-38(32)39)55-53(54-45)44-18-9-19-47-50(44)43-17-8-16-41(52(43)56-47)36-22-26-42-49(31-36)57-48-29-24-33-11-5-7-15-40(33)51(42)48/h1-26,28-31H,27H2. The minimum absolute atomic E-state index is 0.657. The number of rotatable bonds is 4. The van der Waals surface area contributed by atoms with Crippen molar-refractivity contribution in [1.29, 1.82) is 0 Å². The van der Waals surface area contributed by atoms with Gasteiger partial charge in [-0.2, -0.15) is 0 Å². The molecule has 0 fully saturated rings. The molecule has 0 saturated heterocycles. The van der Waals surface area contributed by atoms with E-state index in [1.807, 2.05) is 17.4 Å². The number of para-hydroxylation sites is 1. The summed E-state index contributed by atoms with van der Waals surface area (Å²) in [5.74, 6) is 0.675. The van der Waals surface area contributed by atoms with Crippen LogP contribution >= 0.6 is 11.3 Å². The van der Waals surface area contributed by atoms with Crippen LogP contribution in [0.25, 0.3) is 91.3 Å². The lowest BCUT2D eigenvalue weighted by molar-refractivity contribution is 0.670. The highest BCUT2D eigenvalue weighted by atomic mass is 32.1. The van der Waals surface area contributed by atoms with E-state index in [4.69, 9.17) is 14.4 Å². The molecule has 0 amide bonds. The summed E-state index contributed by atoms with van der Waals surface area (Å²) in [5, 5.41) is 12.2. The van der Waals surface area contributed by atoms with Gasteiger partial charge in [-0.15, -0.1) is 11.3 Å². The Morgan fingerprint density at radius 2 is 1.14 bits per heavy atom. The van der Waals surface area contributed by atoms with Gasteiger partial charge in [0.2, 0.25) is 0 Å². The van der Waals surface area contributed by atoms with Crippen molar-refractivity contribution in [1.82, 2.24) is 0 Å². The SMILES string of the molecule is C1=C(c2ccc3c(ccc4ccccc43)c2)N=C(c2cccc3oc4c(-c5ccc6c(c5)sc5ccc7ccccc7c56)cccc4c23)N=C(c2ccccc2)C1. The molecule has 0 unspecified atom stereocenters. The van der Waals surface area contributed by atoms with Gasteiger partial charge in [0, 0.05) is 54.1 Å². The van der Waals surface area contributed by atoms with Crippen LogP contribution < -0.4 is 0 Å². The zero-order chi connectivity index (χ0) is 37.5. The van der Waals surface area contributed by atoms with Crippen LogP contribution in [0.1, 0.15) is 23.1 Å². The molecule has 1 aliphatic rings. The number of hydrogen-bond donors (Lipinski definition) is 0. The van der Waals surface area contributed by atoms with Crippen LogP contribution in [0, 0.1) is 0 Å². The number of furan rings is 1. The lowest BCUT2D eigenvalue weighted by Gasteiger charge is -2.09. The minimum Gasteiger partial charge on any atom is -0.455 e. The molecule has 12 rings (SSSR count). The van der Waals surface area contributed by atoms with Crippen LogP contribution in [0.3, 0.4) is 0 Å². The Hall–Kier alpha value is -7.14. The third-order valence-corrected chi connectivity index (χ3v) is 12.7. The van der Waals surface area contributed by atoms with E-state index in [1.165, 1.54) is 52.5 Å². The van der Waals surface area contributed by atoms with Crippen LogP contribution in [0.5, 0.6) is 0 Å². The Kier molecular flexibility index (Phi) is 7.16. The fourth-order valence-electron chi connectivity index (χ4n) is 8.81. The highest BCUT2D eigenvalue weighted by Crippen LogP contribution is 2.43. The van der Waals surface area contributed by atoms with Crippen LogP contribution in [0.15, 0.2) is 196 Å². The van der Waals surface area contributed by atoms with E-state index in [0.29, 0.717) is 12.3 Å². The molecule has 266 valence electrons. The molecule has 3 heterocycles. The second-order valence-electron chi connectivity index (χ2n) is 14.8. The lowest BCUT2D eigenvalue weighted by Crippen LogP contribution is -2.05. The first-order valence-electron chi connectivity index (χ1n) is 19.4. The maximum Gasteiger partial charge on any atom is 0.160 e. The number of thiophene rings is 1. The second-order valence-corrected chi connectivity index (χ2v) is 15.9. The first kappa shape index (κ1) is 32.1. The highest BCUT2D eigenvalue weighted by Gasteiger charge is 2.21. The van der Waals surface area contributed by atoms with E-state index in [-0.39, 0.29) is 0 Å². The van der Waals surface area contributed by atoms with Gasteiger partial charge < -0.3 is 4.42 Å². The van der Waals surface area contributed by atoms with Gasteiger partial charge in [0.25, 0.3) is 0 Å². The summed E-state index contributed by atoms with van der Waals surface area (Å²) in [6.07, 6.45) is 2.88. The third-order valence-electron chi connectivity index (χ3n) is 11.5. The molecule has 0 spiro atoms. The Bertz CT molecular complexity index is 3550. The number of hydrogen-bond acceptors (Lipinski definition) is 4. The smallest absolute Gasteiger partial charge is 0.160 e. The van der Waals surface area contributed by atoms with Crippen molar-refractivity contribution in [2.45, 2.75) is 6.42 Å². The van der Waals surface area contributed by atoms with Gasteiger partial charge in [-0.3, -0.25) is 0 Å².